The molecule has 1 unspecified atom stereocenters. The molecule has 28 heavy (non-hydrogen) atoms. The SMILES string of the molecule is CCCCCCCCOC(=O)CC(O)(C(=O)CCC)C(=O)OCCCCCC. The van der Waals surface area contributed by atoms with E-state index in [4.69, 9.17) is 9.47 Å². The number of hydrogen-bond donors (Lipinski definition) is 1. The molecule has 0 aliphatic carbocycles. The van der Waals surface area contributed by atoms with E-state index in [1.165, 1.54) is 19.3 Å². The number of aliphatic hydroxyl groups is 1. The molecule has 0 rings (SSSR count). The minimum absolute atomic E-state index is 0.00609. The van der Waals surface area contributed by atoms with Gasteiger partial charge in [-0.2, -0.15) is 0 Å². The summed E-state index contributed by atoms with van der Waals surface area (Å²) in [5, 5.41) is 10.6. The van der Waals surface area contributed by atoms with Crippen LogP contribution in [0.5, 0.6) is 0 Å². The van der Waals surface area contributed by atoms with Gasteiger partial charge in [0, 0.05) is 6.42 Å². The van der Waals surface area contributed by atoms with E-state index >= 15 is 0 Å². The standard InChI is InChI=1S/C22H40O6/c1-4-7-9-11-12-14-16-27-20(24)18-22(26,19(23)15-6-3)21(25)28-17-13-10-8-5-2/h26H,4-18H2,1-3H3. The Morgan fingerprint density at radius 1 is 0.714 bits per heavy atom. The molecule has 6 heteroatoms. The summed E-state index contributed by atoms with van der Waals surface area (Å²) < 4.78 is 10.2. The molecular formula is C22H40O6. The van der Waals surface area contributed by atoms with Crippen molar-refractivity contribution >= 4 is 17.7 Å². The van der Waals surface area contributed by atoms with E-state index in [1.54, 1.807) is 6.92 Å². The Hall–Kier alpha value is -1.43. The molecule has 6 nitrogen and oxygen atoms in total. The van der Waals surface area contributed by atoms with E-state index in [9.17, 15) is 19.5 Å². The fourth-order valence-electron chi connectivity index (χ4n) is 2.86. The van der Waals surface area contributed by atoms with Gasteiger partial charge in [-0.05, 0) is 19.3 Å². The molecule has 1 atom stereocenters. The van der Waals surface area contributed by atoms with E-state index in [-0.39, 0.29) is 19.6 Å². The second kappa shape index (κ2) is 16.5. The summed E-state index contributed by atoms with van der Waals surface area (Å²) in [4.78, 5) is 36.7. The van der Waals surface area contributed by atoms with Crippen molar-refractivity contribution < 1.29 is 29.0 Å². The van der Waals surface area contributed by atoms with Gasteiger partial charge in [0.15, 0.2) is 5.78 Å². The van der Waals surface area contributed by atoms with Crippen molar-refractivity contribution in [3.05, 3.63) is 0 Å². The van der Waals surface area contributed by atoms with Crippen molar-refractivity contribution in [2.24, 2.45) is 0 Å². The molecule has 0 saturated carbocycles. The van der Waals surface area contributed by atoms with E-state index in [0.29, 0.717) is 12.8 Å². The highest BCUT2D eigenvalue weighted by Gasteiger charge is 2.47. The third-order valence-corrected chi connectivity index (χ3v) is 4.67. The molecule has 0 aliphatic rings. The molecule has 1 N–H and O–H groups in total. The van der Waals surface area contributed by atoms with Crippen LogP contribution in [0.25, 0.3) is 0 Å². The summed E-state index contributed by atoms with van der Waals surface area (Å²) in [7, 11) is 0. The van der Waals surface area contributed by atoms with E-state index in [2.05, 4.69) is 13.8 Å². The van der Waals surface area contributed by atoms with Crippen LogP contribution in [0.15, 0.2) is 0 Å². The minimum atomic E-state index is -2.45. The first-order valence-corrected chi connectivity index (χ1v) is 11.0. The molecule has 0 saturated heterocycles. The molecular weight excluding hydrogens is 360 g/mol. The van der Waals surface area contributed by atoms with Crippen molar-refractivity contribution in [3.8, 4) is 0 Å². The van der Waals surface area contributed by atoms with Gasteiger partial charge in [0.2, 0.25) is 5.60 Å². The van der Waals surface area contributed by atoms with Gasteiger partial charge in [0.1, 0.15) is 0 Å². The first kappa shape index (κ1) is 26.6. The lowest BCUT2D eigenvalue weighted by atomic mass is 9.91. The number of ketones is 1. The van der Waals surface area contributed by atoms with Crippen LogP contribution in [0.2, 0.25) is 0 Å². The number of rotatable bonds is 18. The molecule has 0 aromatic rings. The number of hydrogen-bond acceptors (Lipinski definition) is 6. The fraction of sp³-hybridized carbons (Fsp3) is 0.864. The van der Waals surface area contributed by atoms with Gasteiger partial charge in [-0.1, -0.05) is 72.1 Å². The zero-order valence-electron chi connectivity index (χ0n) is 18.1. The lowest BCUT2D eigenvalue weighted by molar-refractivity contribution is -0.177. The second-order valence-corrected chi connectivity index (χ2v) is 7.40. The highest BCUT2D eigenvalue weighted by molar-refractivity contribution is 6.09. The molecule has 0 aromatic heterocycles. The number of ether oxygens (including phenoxy) is 2. The third-order valence-electron chi connectivity index (χ3n) is 4.67. The smallest absolute Gasteiger partial charge is 0.346 e. The molecule has 0 heterocycles. The van der Waals surface area contributed by atoms with Crippen molar-refractivity contribution in [2.75, 3.05) is 13.2 Å². The second-order valence-electron chi connectivity index (χ2n) is 7.40. The van der Waals surface area contributed by atoms with Crippen LogP contribution in [0.3, 0.4) is 0 Å². The third kappa shape index (κ3) is 11.4. The first-order valence-electron chi connectivity index (χ1n) is 11.0. The quantitative estimate of drug-likeness (QED) is 0.207. The average molecular weight is 401 g/mol. The maximum atomic E-state index is 12.3. The van der Waals surface area contributed by atoms with Gasteiger partial charge in [-0.3, -0.25) is 9.59 Å². The first-order chi connectivity index (χ1) is 13.4. The zero-order valence-corrected chi connectivity index (χ0v) is 18.1. The van der Waals surface area contributed by atoms with Crippen molar-refractivity contribution in [1.29, 1.82) is 0 Å². The highest BCUT2D eigenvalue weighted by Crippen LogP contribution is 2.19. The lowest BCUT2D eigenvalue weighted by Gasteiger charge is -2.23. The summed E-state index contributed by atoms with van der Waals surface area (Å²) >= 11 is 0. The maximum Gasteiger partial charge on any atom is 0.346 e. The molecule has 0 aromatic carbocycles. The summed E-state index contributed by atoms with van der Waals surface area (Å²) in [5.41, 5.74) is -2.45. The Morgan fingerprint density at radius 3 is 1.79 bits per heavy atom. The number of carbonyl (C=O) groups is 3. The average Bonchev–Trinajstić information content (AvgIpc) is 2.67. The van der Waals surface area contributed by atoms with Crippen LogP contribution in [0.4, 0.5) is 0 Å². The molecule has 0 amide bonds. The Morgan fingerprint density at radius 2 is 1.21 bits per heavy atom. The molecule has 0 aliphatic heterocycles. The number of unbranched alkanes of at least 4 members (excludes halogenated alkanes) is 8. The maximum absolute atomic E-state index is 12.3. The van der Waals surface area contributed by atoms with Crippen LogP contribution in [0.1, 0.15) is 104 Å². The van der Waals surface area contributed by atoms with Gasteiger partial charge >= 0.3 is 11.9 Å². The number of Topliss-reactive ketones (excluding diaryl/α,β-unsaturated/α-hetero) is 1. The van der Waals surface area contributed by atoms with E-state index < -0.39 is 29.7 Å². The van der Waals surface area contributed by atoms with Crippen molar-refractivity contribution in [1.82, 2.24) is 0 Å². The summed E-state index contributed by atoms with van der Waals surface area (Å²) in [6.07, 6.45) is 9.78. The van der Waals surface area contributed by atoms with Gasteiger partial charge in [0.05, 0.1) is 19.6 Å². The highest BCUT2D eigenvalue weighted by atomic mass is 16.6. The lowest BCUT2D eigenvalue weighted by Crippen LogP contribution is -2.49. The van der Waals surface area contributed by atoms with Gasteiger partial charge in [-0.15, -0.1) is 0 Å². The largest absolute Gasteiger partial charge is 0.466 e. The fourth-order valence-corrected chi connectivity index (χ4v) is 2.86. The monoisotopic (exact) mass is 400 g/mol. The molecule has 0 fully saturated rings. The van der Waals surface area contributed by atoms with Crippen LogP contribution in [-0.2, 0) is 23.9 Å². The summed E-state index contributed by atoms with van der Waals surface area (Å²) in [6.45, 7) is 6.36. The van der Waals surface area contributed by atoms with Crippen molar-refractivity contribution in [2.45, 2.75) is 110 Å². The molecule has 164 valence electrons. The van der Waals surface area contributed by atoms with Crippen LogP contribution >= 0.6 is 0 Å². The molecule has 0 radical (unpaired) electrons. The number of esters is 2. The van der Waals surface area contributed by atoms with Gasteiger partial charge < -0.3 is 14.6 Å². The van der Waals surface area contributed by atoms with Gasteiger partial charge in [0.25, 0.3) is 0 Å². The summed E-state index contributed by atoms with van der Waals surface area (Å²) in [5.74, 6) is -2.48. The van der Waals surface area contributed by atoms with E-state index in [1.807, 2.05) is 0 Å². The predicted molar refractivity (Wildman–Crippen MR) is 109 cm³/mol. The Bertz CT molecular complexity index is 448. The Kier molecular flexibility index (Phi) is 15.7. The normalized spacial score (nSPS) is 13.0. The Labute approximate surface area is 170 Å². The summed E-state index contributed by atoms with van der Waals surface area (Å²) in [6, 6.07) is 0. The topological polar surface area (TPSA) is 89.9 Å². The molecule has 0 spiro atoms. The van der Waals surface area contributed by atoms with Crippen LogP contribution in [-0.4, -0.2) is 41.6 Å². The van der Waals surface area contributed by atoms with Crippen molar-refractivity contribution in [3.63, 3.8) is 0 Å². The minimum Gasteiger partial charge on any atom is -0.466 e. The predicted octanol–water partition coefficient (Wildman–Crippen LogP) is 4.50. The molecule has 0 bridgehead atoms. The number of carbonyl (C=O) groups excluding carboxylic acids is 3. The Balaban J connectivity index is 4.50. The van der Waals surface area contributed by atoms with Gasteiger partial charge in [-0.25, -0.2) is 4.79 Å². The zero-order chi connectivity index (χ0) is 21.3. The van der Waals surface area contributed by atoms with Crippen LogP contribution < -0.4 is 0 Å². The van der Waals surface area contributed by atoms with Crippen LogP contribution in [0, 0.1) is 0 Å². The van der Waals surface area contributed by atoms with E-state index in [0.717, 1.165) is 38.5 Å².